The molecule has 0 radical (unpaired) electrons. The van der Waals surface area contributed by atoms with Crippen molar-refractivity contribution in [2.75, 3.05) is 58.6 Å². The first kappa shape index (κ1) is 24.3. The first-order valence-electron chi connectivity index (χ1n) is 13.1. The summed E-state index contributed by atoms with van der Waals surface area (Å²) in [5, 5.41) is 7.87. The lowest BCUT2D eigenvalue weighted by atomic mass is 9.88. The predicted molar refractivity (Wildman–Crippen MR) is 138 cm³/mol. The number of morpholine rings is 1. The smallest absolute Gasteiger partial charge is 0.243 e. The van der Waals surface area contributed by atoms with Crippen LogP contribution in [0, 0.1) is 11.3 Å². The molecule has 1 saturated carbocycles. The number of methoxy groups -OCH3 is 1. The second-order valence-corrected chi connectivity index (χ2v) is 10.8. The van der Waals surface area contributed by atoms with Crippen LogP contribution in [0.25, 0.3) is 22.7 Å². The highest BCUT2D eigenvalue weighted by atomic mass is 16.5. The molecule has 1 amide bonds. The third-order valence-electron chi connectivity index (χ3n) is 8.33. The van der Waals surface area contributed by atoms with Gasteiger partial charge in [0.15, 0.2) is 11.5 Å². The number of fused-ring (bicyclic) bond motifs is 3. The van der Waals surface area contributed by atoms with E-state index in [0.29, 0.717) is 60.4 Å². The summed E-state index contributed by atoms with van der Waals surface area (Å²) in [5.74, 6) is 1.73. The first-order chi connectivity index (χ1) is 17.9. The van der Waals surface area contributed by atoms with Crippen molar-refractivity contribution in [2.45, 2.75) is 39.2 Å². The van der Waals surface area contributed by atoms with Gasteiger partial charge >= 0.3 is 0 Å². The lowest BCUT2D eigenvalue weighted by Gasteiger charge is -2.33. The topological polar surface area (TPSA) is 121 Å². The van der Waals surface area contributed by atoms with Crippen LogP contribution in [-0.2, 0) is 27.1 Å². The molecule has 0 unspecified atom stereocenters. The van der Waals surface area contributed by atoms with Crippen LogP contribution in [0.4, 0.5) is 5.69 Å². The van der Waals surface area contributed by atoms with Crippen LogP contribution >= 0.6 is 0 Å². The number of hydrogen-bond acceptors (Lipinski definition) is 8. The van der Waals surface area contributed by atoms with Crippen molar-refractivity contribution in [3.05, 3.63) is 17.3 Å². The maximum absolute atomic E-state index is 13.5. The zero-order chi connectivity index (χ0) is 25.7. The van der Waals surface area contributed by atoms with E-state index < -0.39 is 0 Å². The monoisotopic (exact) mass is 509 g/mol. The Morgan fingerprint density at radius 2 is 2.14 bits per heavy atom. The SMILES string of the molecule is COCCOc1nc2[nH]c(-c3n[nH]c4c3C[C@@H]3C[C@]3(C)C4)nc2cc1N(C)C(=O)[C@@H](C)N1CCOCC1. The Morgan fingerprint density at radius 1 is 1.32 bits per heavy atom. The number of H-pyrrole nitrogens is 2. The Hall–Kier alpha value is -3.02. The Balaban J connectivity index is 1.32. The van der Waals surface area contributed by atoms with Gasteiger partial charge in [0.25, 0.3) is 0 Å². The highest BCUT2D eigenvalue weighted by Gasteiger charge is 2.53. The number of rotatable bonds is 8. The second kappa shape index (κ2) is 9.38. The van der Waals surface area contributed by atoms with E-state index in [1.54, 1.807) is 19.1 Å². The molecule has 2 aliphatic carbocycles. The lowest BCUT2D eigenvalue weighted by molar-refractivity contribution is -0.124. The van der Waals surface area contributed by atoms with E-state index >= 15 is 0 Å². The van der Waals surface area contributed by atoms with Crippen molar-refractivity contribution in [3.8, 4) is 17.4 Å². The van der Waals surface area contributed by atoms with Gasteiger partial charge in [0.05, 0.1) is 25.9 Å². The summed E-state index contributed by atoms with van der Waals surface area (Å²) in [6.45, 7) is 7.74. The van der Waals surface area contributed by atoms with Crippen LogP contribution in [0.3, 0.4) is 0 Å². The quantitative estimate of drug-likeness (QED) is 0.443. The van der Waals surface area contributed by atoms with E-state index in [1.807, 2.05) is 13.0 Å². The molecule has 11 heteroatoms. The van der Waals surface area contributed by atoms with Crippen molar-refractivity contribution in [3.63, 3.8) is 0 Å². The fourth-order valence-electron chi connectivity index (χ4n) is 5.77. The number of aromatic nitrogens is 5. The molecule has 6 rings (SSSR count). The van der Waals surface area contributed by atoms with Gasteiger partial charge in [-0.25, -0.2) is 4.98 Å². The molecule has 0 spiro atoms. The normalized spacial score (nSPS) is 23.9. The summed E-state index contributed by atoms with van der Waals surface area (Å²) in [6.07, 6.45) is 3.33. The van der Waals surface area contributed by atoms with Gasteiger partial charge in [0.1, 0.15) is 23.5 Å². The van der Waals surface area contributed by atoms with Crippen molar-refractivity contribution < 1.29 is 19.0 Å². The Labute approximate surface area is 215 Å². The third kappa shape index (κ3) is 4.38. The van der Waals surface area contributed by atoms with Crippen LogP contribution in [0.1, 0.15) is 31.5 Å². The minimum Gasteiger partial charge on any atom is -0.474 e. The molecule has 3 aliphatic rings. The average Bonchev–Trinajstić information content (AvgIpc) is 3.20. The number of likely N-dealkylation sites (N-methyl/N-ethyl adjacent to an activating group) is 1. The van der Waals surface area contributed by atoms with Crippen LogP contribution in [-0.4, -0.2) is 95.7 Å². The number of aromatic amines is 2. The van der Waals surface area contributed by atoms with Crippen LogP contribution < -0.4 is 9.64 Å². The molecular weight excluding hydrogens is 474 g/mol. The summed E-state index contributed by atoms with van der Waals surface area (Å²) in [5.41, 5.74) is 5.57. The van der Waals surface area contributed by atoms with Crippen LogP contribution in [0.2, 0.25) is 0 Å². The zero-order valence-corrected chi connectivity index (χ0v) is 22.0. The number of amides is 1. The molecule has 4 heterocycles. The van der Waals surface area contributed by atoms with Gasteiger partial charge < -0.3 is 24.1 Å². The van der Waals surface area contributed by atoms with Gasteiger partial charge in [-0.15, -0.1) is 0 Å². The minimum absolute atomic E-state index is 0.0377. The van der Waals surface area contributed by atoms with E-state index in [-0.39, 0.29) is 11.9 Å². The second-order valence-electron chi connectivity index (χ2n) is 10.8. The fourth-order valence-corrected chi connectivity index (χ4v) is 5.77. The third-order valence-corrected chi connectivity index (χ3v) is 8.33. The highest BCUT2D eigenvalue weighted by molar-refractivity contribution is 5.99. The number of carbonyl (C=O) groups excluding carboxylic acids is 1. The molecule has 3 aromatic rings. The molecule has 0 aromatic carbocycles. The number of anilines is 1. The van der Waals surface area contributed by atoms with Crippen molar-refractivity contribution in [1.29, 1.82) is 0 Å². The number of imidazole rings is 1. The molecule has 2 N–H and O–H groups in total. The molecule has 3 atom stereocenters. The van der Waals surface area contributed by atoms with E-state index in [9.17, 15) is 4.79 Å². The molecule has 3 aromatic heterocycles. The number of pyridine rings is 1. The van der Waals surface area contributed by atoms with E-state index in [0.717, 1.165) is 37.5 Å². The van der Waals surface area contributed by atoms with Gasteiger partial charge in [-0.2, -0.15) is 10.1 Å². The largest absolute Gasteiger partial charge is 0.474 e. The summed E-state index contributed by atoms with van der Waals surface area (Å²) in [7, 11) is 3.38. The van der Waals surface area contributed by atoms with E-state index in [4.69, 9.17) is 24.2 Å². The Kier molecular flexibility index (Phi) is 6.16. The predicted octanol–water partition coefficient (Wildman–Crippen LogP) is 2.18. The molecule has 198 valence electrons. The van der Waals surface area contributed by atoms with E-state index in [1.165, 1.54) is 17.7 Å². The lowest BCUT2D eigenvalue weighted by Crippen LogP contribution is -2.50. The summed E-state index contributed by atoms with van der Waals surface area (Å²) < 4.78 is 16.6. The summed E-state index contributed by atoms with van der Waals surface area (Å²) in [4.78, 5) is 30.2. The van der Waals surface area contributed by atoms with Crippen molar-refractivity contribution in [1.82, 2.24) is 30.0 Å². The van der Waals surface area contributed by atoms with Gasteiger partial charge in [0.2, 0.25) is 11.8 Å². The molecule has 11 nitrogen and oxygen atoms in total. The number of hydrogen-bond donors (Lipinski definition) is 2. The summed E-state index contributed by atoms with van der Waals surface area (Å²) in [6, 6.07) is 1.57. The van der Waals surface area contributed by atoms with Gasteiger partial charge in [-0.3, -0.25) is 14.8 Å². The molecule has 0 bridgehead atoms. The fraction of sp³-hybridized carbons (Fsp3) is 0.615. The van der Waals surface area contributed by atoms with Gasteiger partial charge in [-0.1, -0.05) is 6.92 Å². The molecule has 2 fully saturated rings. The number of carbonyl (C=O) groups is 1. The maximum Gasteiger partial charge on any atom is 0.243 e. The van der Waals surface area contributed by atoms with Crippen molar-refractivity contribution >= 4 is 22.8 Å². The molecule has 1 saturated heterocycles. The van der Waals surface area contributed by atoms with Gasteiger partial charge in [0, 0.05) is 38.5 Å². The average molecular weight is 510 g/mol. The van der Waals surface area contributed by atoms with Crippen LogP contribution in [0.5, 0.6) is 5.88 Å². The Morgan fingerprint density at radius 3 is 2.92 bits per heavy atom. The van der Waals surface area contributed by atoms with E-state index in [2.05, 4.69) is 27.0 Å². The first-order valence-corrected chi connectivity index (χ1v) is 13.1. The molecule has 1 aliphatic heterocycles. The molecular formula is C26H35N7O4. The Bertz CT molecular complexity index is 1310. The van der Waals surface area contributed by atoms with Gasteiger partial charge in [-0.05, 0) is 43.6 Å². The minimum atomic E-state index is -0.296. The summed E-state index contributed by atoms with van der Waals surface area (Å²) >= 11 is 0. The number of nitrogens with one attached hydrogen (secondary N) is 2. The number of nitrogens with zero attached hydrogens (tertiary/aromatic N) is 5. The maximum atomic E-state index is 13.5. The highest BCUT2D eigenvalue weighted by Crippen LogP contribution is 2.59. The van der Waals surface area contributed by atoms with Crippen molar-refractivity contribution in [2.24, 2.45) is 11.3 Å². The standard InChI is InChI=1S/C26H35N7O4/c1-15(33-5-7-36-8-6-33)25(34)32(3)20-12-18-22(29-24(20)37-10-9-35-4)28-23(27-18)21-17-11-16-13-26(16,2)14-19(17)30-31-21/h12,15-16H,5-11,13-14H2,1-4H3,(H,30,31)(H,27,28,29)/t15-,16-,26-/m1/s1. The van der Waals surface area contributed by atoms with Crippen LogP contribution in [0.15, 0.2) is 6.07 Å². The number of ether oxygens (including phenoxy) is 3. The zero-order valence-electron chi connectivity index (χ0n) is 22.0. The molecule has 37 heavy (non-hydrogen) atoms.